The predicted octanol–water partition coefficient (Wildman–Crippen LogP) is 2.23. The van der Waals surface area contributed by atoms with E-state index in [1.165, 1.54) is 0 Å². The van der Waals surface area contributed by atoms with E-state index in [4.69, 9.17) is 16.0 Å². The molecule has 24 heavy (non-hydrogen) atoms. The van der Waals surface area contributed by atoms with E-state index < -0.39 is 9.84 Å². The maximum absolute atomic E-state index is 11.9. The quantitative estimate of drug-likeness (QED) is 0.874. The molecule has 6 nitrogen and oxygen atoms in total. The summed E-state index contributed by atoms with van der Waals surface area (Å²) in [5.74, 6) is 1.06. The predicted molar refractivity (Wildman–Crippen MR) is 90.5 cm³/mol. The summed E-state index contributed by atoms with van der Waals surface area (Å²) in [4.78, 5) is 16.1. The van der Waals surface area contributed by atoms with Crippen molar-refractivity contribution in [2.24, 2.45) is 0 Å². The average molecular weight is 369 g/mol. The molecule has 1 fully saturated rings. The summed E-state index contributed by atoms with van der Waals surface area (Å²) in [6, 6.07) is 6.92. The van der Waals surface area contributed by atoms with Crippen LogP contribution in [0, 0.1) is 0 Å². The molecule has 1 aromatic carbocycles. The molecule has 0 spiro atoms. The van der Waals surface area contributed by atoms with Gasteiger partial charge < -0.3 is 9.73 Å². The highest BCUT2D eigenvalue weighted by Crippen LogP contribution is 2.22. The lowest BCUT2D eigenvalue weighted by Crippen LogP contribution is -2.35. The van der Waals surface area contributed by atoms with E-state index in [0.29, 0.717) is 29.5 Å². The zero-order chi connectivity index (χ0) is 17.2. The first kappa shape index (κ1) is 17.0. The number of rotatable bonds is 5. The molecule has 2 heterocycles. The Morgan fingerprint density at radius 2 is 2.08 bits per heavy atom. The van der Waals surface area contributed by atoms with Gasteiger partial charge in [-0.3, -0.25) is 4.79 Å². The van der Waals surface area contributed by atoms with Crippen LogP contribution in [0.15, 0.2) is 34.9 Å². The number of aryl methyl sites for hydroxylation is 1. The van der Waals surface area contributed by atoms with Gasteiger partial charge in [0.15, 0.2) is 21.5 Å². The number of hydrogen-bond acceptors (Lipinski definition) is 5. The third-order valence-electron chi connectivity index (χ3n) is 3.85. The van der Waals surface area contributed by atoms with Gasteiger partial charge in [0, 0.05) is 29.5 Å². The van der Waals surface area contributed by atoms with Gasteiger partial charge in [0.25, 0.3) is 0 Å². The number of aromatic nitrogens is 1. The molecule has 1 aliphatic heterocycles. The molecule has 1 saturated heterocycles. The van der Waals surface area contributed by atoms with Gasteiger partial charge in [-0.2, -0.15) is 0 Å². The first-order chi connectivity index (χ1) is 11.4. The number of nitrogens with one attached hydrogen (secondary N) is 1. The van der Waals surface area contributed by atoms with Crippen molar-refractivity contribution in [3.63, 3.8) is 0 Å². The van der Waals surface area contributed by atoms with Gasteiger partial charge in [-0.15, -0.1) is 0 Å². The maximum atomic E-state index is 11.9. The fraction of sp³-hybridized carbons (Fsp3) is 0.375. The van der Waals surface area contributed by atoms with Gasteiger partial charge in [-0.05, 0) is 30.7 Å². The lowest BCUT2D eigenvalue weighted by molar-refractivity contribution is -0.121. The zero-order valence-electron chi connectivity index (χ0n) is 12.9. The van der Waals surface area contributed by atoms with Crippen LogP contribution in [0.3, 0.4) is 0 Å². The van der Waals surface area contributed by atoms with Crippen molar-refractivity contribution in [2.75, 3.05) is 11.5 Å². The monoisotopic (exact) mass is 368 g/mol. The molecule has 0 radical (unpaired) electrons. The summed E-state index contributed by atoms with van der Waals surface area (Å²) >= 11 is 5.85. The number of nitrogens with zero attached hydrogens (tertiary/aromatic N) is 1. The molecular weight excluding hydrogens is 352 g/mol. The fourth-order valence-electron chi connectivity index (χ4n) is 2.60. The van der Waals surface area contributed by atoms with E-state index >= 15 is 0 Å². The Hall–Kier alpha value is -1.86. The largest absolute Gasteiger partial charge is 0.441 e. The lowest BCUT2D eigenvalue weighted by atomic mass is 10.2. The van der Waals surface area contributed by atoms with E-state index in [0.717, 1.165) is 5.56 Å². The second-order valence-electron chi connectivity index (χ2n) is 5.79. The molecule has 1 N–H and O–H groups in total. The fourth-order valence-corrected chi connectivity index (χ4v) is 4.40. The minimum absolute atomic E-state index is 0.0262. The summed E-state index contributed by atoms with van der Waals surface area (Å²) in [6.07, 6.45) is 2.66. The Labute approximate surface area is 145 Å². The van der Waals surface area contributed by atoms with Crippen molar-refractivity contribution in [3.8, 4) is 11.3 Å². The van der Waals surface area contributed by atoms with E-state index in [-0.39, 0.29) is 29.9 Å². The minimum Gasteiger partial charge on any atom is -0.441 e. The number of sulfone groups is 1. The Kier molecular flexibility index (Phi) is 4.91. The number of oxazole rings is 1. The van der Waals surface area contributed by atoms with Gasteiger partial charge >= 0.3 is 0 Å². The summed E-state index contributed by atoms with van der Waals surface area (Å²) in [5.41, 5.74) is 0.860. The van der Waals surface area contributed by atoms with Crippen LogP contribution in [-0.2, 0) is 21.1 Å². The molecule has 2 aromatic rings. The molecule has 8 heteroatoms. The average Bonchev–Trinajstić information content (AvgIpc) is 3.12. The molecule has 1 aromatic heterocycles. The maximum Gasteiger partial charge on any atom is 0.220 e. The smallest absolute Gasteiger partial charge is 0.220 e. The van der Waals surface area contributed by atoms with Crippen LogP contribution in [0.2, 0.25) is 5.02 Å². The third-order valence-corrected chi connectivity index (χ3v) is 5.87. The number of amides is 1. The second kappa shape index (κ2) is 6.94. The van der Waals surface area contributed by atoms with Crippen molar-refractivity contribution in [3.05, 3.63) is 41.4 Å². The van der Waals surface area contributed by atoms with E-state index in [1.54, 1.807) is 18.3 Å². The Morgan fingerprint density at radius 3 is 2.75 bits per heavy atom. The van der Waals surface area contributed by atoms with Gasteiger partial charge in [-0.1, -0.05) is 11.6 Å². The first-order valence-corrected chi connectivity index (χ1v) is 9.82. The van der Waals surface area contributed by atoms with Crippen LogP contribution in [0.25, 0.3) is 11.3 Å². The van der Waals surface area contributed by atoms with Crippen molar-refractivity contribution >= 4 is 27.3 Å². The number of carbonyl (C=O) groups excluding carboxylic acids is 1. The molecule has 3 rings (SSSR count). The highest BCUT2D eigenvalue weighted by Gasteiger charge is 2.28. The topological polar surface area (TPSA) is 89.3 Å². The standard InChI is InChI=1S/C16H17ClN2O4S/c17-12-3-1-11(2-4-12)14-9-18-16(23-14)6-5-15(20)19-13-7-8-24(21,22)10-13/h1-4,9,13H,5-8,10H2,(H,19,20). The van der Waals surface area contributed by atoms with Crippen LogP contribution in [0.4, 0.5) is 0 Å². The molecular formula is C16H17ClN2O4S. The third kappa shape index (κ3) is 4.36. The summed E-state index contributed by atoms with van der Waals surface area (Å²) < 4.78 is 28.4. The van der Waals surface area contributed by atoms with E-state index in [1.807, 2.05) is 12.1 Å². The zero-order valence-corrected chi connectivity index (χ0v) is 14.4. The normalized spacial score (nSPS) is 19.3. The van der Waals surface area contributed by atoms with Crippen molar-refractivity contribution in [1.82, 2.24) is 10.3 Å². The Balaban J connectivity index is 1.52. The van der Waals surface area contributed by atoms with Crippen molar-refractivity contribution < 1.29 is 17.6 Å². The molecule has 1 atom stereocenters. The summed E-state index contributed by atoms with van der Waals surface area (Å²) in [5, 5.41) is 3.39. The van der Waals surface area contributed by atoms with Crippen LogP contribution in [-0.4, -0.2) is 36.9 Å². The lowest BCUT2D eigenvalue weighted by Gasteiger charge is -2.09. The highest BCUT2D eigenvalue weighted by atomic mass is 35.5. The van der Waals surface area contributed by atoms with Crippen molar-refractivity contribution in [2.45, 2.75) is 25.3 Å². The minimum atomic E-state index is -2.99. The Bertz CT molecular complexity index is 830. The molecule has 1 unspecified atom stereocenters. The van der Waals surface area contributed by atoms with Gasteiger partial charge in [-0.25, -0.2) is 13.4 Å². The van der Waals surface area contributed by atoms with Gasteiger partial charge in [0.05, 0.1) is 17.7 Å². The van der Waals surface area contributed by atoms with Crippen LogP contribution in [0.5, 0.6) is 0 Å². The van der Waals surface area contributed by atoms with Gasteiger partial charge in [0.1, 0.15) is 0 Å². The molecule has 1 amide bonds. The number of benzene rings is 1. The van der Waals surface area contributed by atoms with Crippen molar-refractivity contribution in [1.29, 1.82) is 0 Å². The number of halogens is 1. The highest BCUT2D eigenvalue weighted by molar-refractivity contribution is 7.91. The SMILES string of the molecule is O=C(CCc1ncc(-c2ccc(Cl)cc2)o1)NC1CCS(=O)(=O)C1. The molecule has 128 valence electrons. The molecule has 0 aliphatic carbocycles. The van der Waals surface area contributed by atoms with Crippen LogP contribution >= 0.6 is 11.6 Å². The molecule has 0 bridgehead atoms. The first-order valence-electron chi connectivity index (χ1n) is 7.62. The molecule has 0 saturated carbocycles. The van der Waals surface area contributed by atoms with Crippen LogP contribution < -0.4 is 5.32 Å². The number of hydrogen-bond donors (Lipinski definition) is 1. The molecule has 1 aliphatic rings. The second-order valence-corrected chi connectivity index (χ2v) is 8.46. The van der Waals surface area contributed by atoms with Crippen LogP contribution in [0.1, 0.15) is 18.7 Å². The Morgan fingerprint density at radius 1 is 1.33 bits per heavy atom. The number of carbonyl (C=O) groups is 1. The van der Waals surface area contributed by atoms with E-state index in [2.05, 4.69) is 10.3 Å². The van der Waals surface area contributed by atoms with E-state index in [9.17, 15) is 13.2 Å². The summed E-state index contributed by atoms with van der Waals surface area (Å²) in [6.45, 7) is 0. The summed E-state index contributed by atoms with van der Waals surface area (Å²) in [7, 11) is -2.99. The van der Waals surface area contributed by atoms with Gasteiger partial charge in [0.2, 0.25) is 5.91 Å².